The molecule has 0 atom stereocenters. The minimum Gasteiger partial charge on any atom is -0.413 e. The summed E-state index contributed by atoms with van der Waals surface area (Å²) in [6, 6.07) is 31.9. The van der Waals surface area contributed by atoms with Crippen molar-refractivity contribution >= 4 is 34.7 Å². The van der Waals surface area contributed by atoms with Gasteiger partial charge in [-0.2, -0.15) is 0 Å². The molecule has 0 fully saturated rings. The number of H-pyrrole nitrogens is 1. The third-order valence-corrected chi connectivity index (χ3v) is 6.62. The SMILES string of the molecule is O=P(Oc1ccccc1)(Oc1ccccc1)c1cccc2c1[nH]c1ccccc12. The Kier molecular flexibility index (Phi) is 4.34. The second kappa shape index (κ2) is 7.16. The fourth-order valence-electron chi connectivity index (χ4n) is 3.44. The van der Waals surface area contributed by atoms with Gasteiger partial charge in [0.05, 0.1) is 5.52 Å². The van der Waals surface area contributed by atoms with Crippen molar-refractivity contribution in [3.63, 3.8) is 0 Å². The number of hydrogen-bond donors (Lipinski definition) is 1. The highest BCUT2D eigenvalue weighted by Crippen LogP contribution is 2.49. The second-order valence-electron chi connectivity index (χ2n) is 6.68. The zero-order chi connectivity index (χ0) is 19.7. The van der Waals surface area contributed by atoms with Crippen LogP contribution in [0, 0.1) is 0 Å². The van der Waals surface area contributed by atoms with Crippen molar-refractivity contribution in [3.8, 4) is 11.5 Å². The van der Waals surface area contributed by atoms with E-state index in [2.05, 4.69) is 4.98 Å². The van der Waals surface area contributed by atoms with Crippen LogP contribution in [0.25, 0.3) is 21.8 Å². The normalized spacial score (nSPS) is 11.6. The van der Waals surface area contributed by atoms with E-state index >= 15 is 0 Å². The van der Waals surface area contributed by atoms with Gasteiger partial charge in [0.25, 0.3) is 0 Å². The summed E-state index contributed by atoms with van der Waals surface area (Å²) < 4.78 is 26.2. The van der Waals surface area contributed by atoms with E-state index < -0.39 is 7.60 Å². The van der Waals surface area contributed by atoms with Crippen LogP contribution < -0.4 is 14.4 Å². The van der Waals surface area contributed by atoms with Crippen molar-refractivity contribution in [3.05, 3.63) is 103 Å². The maximum absolute atomic E-state index is 14.2. The lowest BCUT2D eigenvalue weighted by molar-refractivity contribution is 0.399. The number of rotatable bonds is 5. The molecule has 0 unspecified atom stereocenters. The minimum absolute atomic E-state index is 0.486. The Hall–Kier alpha value is -3.49. The number of fused-ring (bicyclic) bond motifs is 3. The molecule has 0 aliphatic heterocycles. The first-order valence-corrected chi connectivity index (χ1v) is 10.9. The van der Waals surface area contributed by atoms with Gasteiger partial charge >= 0.3 is 7.60 Å². The molecule has 4 aromatic carbocycles. The topological polar surface area (TPSA) is 51.3 Å². The lowest BCUT2D eigenvalue weighted by Gasteiger charge is -2.20. The third kappa shape index (κ3) is 3.28. The van der Waals surface area contributed by atoms with E-state index in [0.29, 0.717) is 16.8 Å². The number of aromatic nitrogens is 1. The maximum Gasteiger partial charge on any atom is 0.464 e. The fourth-order valence-corrected chi connectivity index (χ4v) is 5.19. The number of nitrogens with one attached hydrogen (secondary N) is 1. The van der Waals surface area contributed by atoms with E-state index in [-0.39, 0.29) is 0 Å². The molecule has 0 aliphatic rings. The van der Waals surface area contributed by atoms with Crippen molar-refractivity contribution in [2.75, 3.05) is 0 Å². The second-order valence-corrected chi connectivity index (χ2v) is 8.52. The smallest absolute Gasteiger partial charge is 0.413 e. The molecule has 1 aromatic heterocycles. The fraction of sp³-hybridized carbons (Fsp3) is 0. The summed E-state index contributed by atoms with van der Waals surface area (Å²) in [5.41, 5.74) is 1.73. The highest BCUT2D eigenvalue weighted by atomic mass is 31.2. The van der Waals surface area contributed by atoms with Crippen LogP contribution in [-0.4, -0.2) is 4.98 Å². The molecule has 0 radical (unpaired) electrons. The summed E-state index contributed by atoms with van der Waals surface area (Å²) >= 11 is 0. The quantitative estimate of drug-likeness (QED) is 0.353. The molecule has 142 valence electrons. The average Bonchev–Trinajstić information content (AvgIpc) is 3.14. The zero-order valence-corrected chi connectivity index (χ0v) is 16.4. The monoisotopic (exact) mass is 399 g/mol. The number of para-hydroxylation sites is 4. The van der Waals surface area contributed by atoms with Crippen LogP contribution in [0.4, 0.5) is 0 Å². The Morgan fingerprint density at radius 1 is 0.586 bits per heavy atom. The molecule has 5 heteroatoms. The van der Waals surface area contributed by atoms with Crippen molar-refractivity contribution in [2.45, 2.75) is 0 Å². The Morgan fingerprint density at radius 2 is 1.14 bits per heavy atom. The van der Waals surface area contributed by atoms with Crippen LogP contribution >= 0.6 is 7.60 Å². The summed E-state index contributed by atoms with van der Waals surface area (Å²) in [7, 11) is -3.75. The molecule has 0 saturated heterocycles. The van der Waals surface area contributed by atoms with Crippen LogP contribution in [-0.2, 0) is 4.57 Å². The van der Waals surface area contributed by atoms with Gasteiger partial charge in [-0.25, -0.2) is 4.57 Å². The van der Waals surface area contributed by atoms with Crippen molar-refractivity contribution < 1.29 is 13.6 Å². The summed E-state index contributed by atoms with van der Waals surface area (Å²) in [4.78, 5) is 3.39. The molecular formula is C24H18NO3P. The first kappa shape index (κ1) is 17.6. The van der Waals surface area contributed by atoms with E-state index in [4.69, 9.17) is 9.05 Å². The molecule has 0 spiro atoms. The Bertz CT molecular complexity index is 1280. The van der Waals surface area contributed by atoms with Crippen LogP contribution in [0.1, 0.15) is 0 Å². The molecule has 0 aliphatic carbocycles. The van der Waals surface area contributed by atoms with Crippen LogP contribution in [0.15, 0.2) is 103 Å². The van der Waals surface area contributed by atoms with Gasteiger partial charge in [0.1, 0.15) is 16.8 Å². The molecule has 5 aromatic rings. The van der Waals surface area contributed by atoms with Gasteiger partial charge in [-0.05, 0) is 36.4 Å². The molecule has 4 nitrogen and oxygen atoms in total. The maximum atomic E-state index is 14.2. The first-order chi connectivity index (χ1) is 14.2. The Balaban J connectivity index is 1.71. The average molecular weight is 399 g/mol. The van der Waals surface area contributed by atoms with Crippen LogP contribution in [0.3, 0.4) is 0 Å². The molecule has 1 heterocycles. The third-order valence-electron chi connectivity index (χ3n) is 4.75. The largest absolute Gasteiger partial charge is 0.464 e. The van der Waals surface area contributed by atoms with Crippen molar-refractivity contribution in [2.24, 2.45) is 0 Å². The molecule has 0 amide bonds. The zero-order valence-electron chi connectivity index (χ0n) is 15.5. The van der Waals surface area contributed by atoms with Gasteiger partial charge in [0.15, 0.2) is 0 Å². The van der Waals surface area contributed by atoms with Gasteiger partial charge in [-0.3, -0.25) is 0 Å². The summed E-state index contributed by atoms with van der Waals surface area (Å²) in [5, 5.41) is 2.54. The van der Waals surface area contributed by atoms with Crippen molar-refractivity contribution in [1.82, 2.24) is 4.98 Å². The summed E-state index contributed by atoms with van der Waals surface area (Å²) in [6.45, 7) is 0. The molecule has 0 bridgehead atoms. The van der Waals surface area contributed by atoms with E-state index in [1.807, 2.05) is 72.8 Å². The van der Waals surface area contributed by atoms with E-state index in [9.17, 15) is 4.57 Å². The van der Waals surface area contributed by atoms with E-state index in [1.165, 1.54) is 0 Å². The first-order valence-electron chi connectivity index (χ1n) is 9.32. The predicted octanol–water partition coefficient (Wildman–Crippen LogP) is 6.30. The standard InChI is InChI=1S/C24H18NO3P/c26-29(27-18-10-3-1-4-11-18,28-19-12-5-2-6-13-19)23-17-9-15-21-20-14-7-8-16-22(20)25-24(21)23/h1-17,25H. The summed E-state index contributed by atoms with van der Waals surface area (Å²) in [6.07, 6.45) is 0. The Labute approximate surface area is 168 Å². The highest BCUT2D eigenvalue weighted by Gasteiger charge is 2.34. The summed E-state index contributed by atoms with van der Waals surface area (Å²) in [5.74, 6) is 0.972. The lowest BCUT2D eigenvalue weighted by atomic mass is 10.1. The highest BCUT2D eigenvalue weighted by molar-refractivity contribution is 7.63. The minimum atomic E-state index is -3.75. The number of benzene rings is 4. The van der Waals surface area contributed by atoms with Gasteiger partial charge in [-0.1, -0.05) is 66.7 Å². The van der Waals surface area contributed by atoms with Gasteiger partial charge in [0.2, 0.25) is 0 Å². The van der Waals surface area contributed by atoms with Gasteiger partial charge in [-0.15, -0.1) is 0 Å². The lowest BCUT2D eigenvalue weighted by Crippen LogP contribution is -2.16. The molecule has 1 N–H and O–H groups in total. The Morgan fingerprint density at radius 3 is 1.79 bits per heavy atom. The number of aromatic amines is 1. The van der Waals surface area contributed by atoms with Gasteiger partial charge < -0.3 is 14.0 Å². The predicted molar refractivity (Wildman–Crippen MR) is 117 cm³/mol. The molecule has 0 saturated carbocycles. The molecule has 29 heavy (non-hydrogen) atoms. The van der Waals surface area contributed by atoms with Crippen LogP contribution in [0.5, 0.6) is 11.5 Å². The number of hydrogen-bond acceptors (Lipinski definition) is 3. The van der Waals surface area contributed by atoms with Crippen molar-refractivity contribution in [1.29, 1.82) is 0 Å². The van der Waals surface area contributed by atoms with Crippen LogP contribution in [0.2, 0.25) is 0 Å². The molecule has 5 rings (SSSR count). The van der Waals surface area contributed by atoms with Gasteiger partial charge in [0, 0.05) is 16.3 Å². The van der Waals surface area contributed by atoms with E-state index in [1.54, 1.807) is 30.3 Å². The van der Waals surface area contributed by atoms with E-state index in [0.717, 1.165) is 21.8 Å². The molecular weight excluding hydrogens is 381 g/mol.